The highest BCUT2D eigenvalue weighted by atomic mass is 35.5. The molecular weight excluding hydrogens is 192 g/mol. The van der Waals surface area contributed by atoms with Gasteiger partial charge in [-0.2, -0.15) is 0 Å². The molecule has 2 heterocycles. The molecule has 2 rings (SSSR count). The normalized spacial score (nSPS) is 9.75. The van der Waals surface area contributed by atoms with Crippen molar-refractivity contribution in [1.82, 2.24) is 9.38 Å². The van der Waals surface area contributed by atoms with Gasteiger partial charge in [0.2, 0.25) is 0 Å². The third kappa shape index (κ3) is 1.57. The van der Waals surface area contributed by atoms with Gasteiger partial charge in [0, 0.05) is 12.4 Å². The van der Waals surface area contributed by atoms with Crippen LogP contribution in [0.5, 0.6) is 0 Å². The van der Waals surface area contributed by atoms with Gasteiger partial charge in [-0.25, -0.2) is 4.98 Å². The molecular formula is C8H9ClN2S. The van der Waals surface area contributed by atoms with Gasteiger partial charge in [-0.15, -0.1) is 24.2 Å². The molecule has 0 atom stereocenters. The third-order valence-electron chi connectivity index (χ3n) is 1.55. The lowest BCUT2D eigenvalue weighted by atomic mass is 10.5. The fraction of sp³-hybridized carbons (Fsp3) is 0.125. The Balaban J connectivity index is 0.000000720. The van der Waals surface area contributed by atoms with Crippen LogP contribution in [0.4, 0.5) is 0 Å². The first kappa shape index (κ1) is 9.42. The minimum Gasteiger partial charge on any atom is -0.306 e. The predicted octanol–water partition coefficient (Wildman–Crippen LogP) is 2.48. The Morgan fingerprint density at radius 2 is 2.25 bits per heavy atom. The summed E-state index contributed by atoms with van der Waals surface area (Å²) in [6.07, 6.45) is 6.06. The average molecular weight is 201 g/mol. The summed E-state index contributed by atoms with van der Waals surface area (Å²) in [6.45, 7) is 0. The minimum atomic E-state index is 0. The molecule has 12 heavy (non-hydrogen) atoms. The molecule has 0 aromatic carbocycles. The van der Waals surface area contributed by atoms with Crippen molar-refractivity contribution >= 4 is 29.8 Å². The fourth-order valence-electron chi connectivity index (χ4n) is 1.01. The van der Waals surface area contributed by atoms with E-state index in [9.17, 15) is 0 Å². The van der Waals surface area contributed by atoms with E-state index in [1.807, 2.05) is 41.2 Å². The Morgan fingerprint density at radius 1 is 1.42 bits per heavy atom. The second kappa shape index (κ2) is 3.83. The second-order valence-electron chi connectivity index (χ2n) is 2.25. The number of hydrogen-bond acceptors (Lipinski definition) is 2. The number of imidazole rings is 1. The van der Waals surface area contributed by atoms with Gasteiger partial charge >= 0.3 is 0 Å². The number of aromatic nitrogens is 2. The molecule has 0 bridgehead atoms. The summed E-state index contributed by atoms with van der Waals surface area (Å²) < 4.78 is 2.02. The van der Waals surface area contributed by atoms with E-state index in [2.05, 4.69) is 4.98 Å². The highest BCUT2D eigenvalue weighted by Gasteiger charge is 1.96. The zero-order chi connectivity index (χ0) is 7.68. The summed E-state index contributed by atoms with van der Waals surface area (Å²) in [5.41, 5.74) is 1.01. The Morgan fingerprint density at radius 3 is 2.92 bits per heavy atom. The molecule has 0 N–H and O–H groups in total. The number of hydrogen-bond donors (Lipinski definition) is 0. The van der Waals surface area contributed by atoms with Crippen molar-refractivity contribution in [3.8, 4) is 0 Å². The predicted molar refractivity (Wildman–Crippen MR) is 54.2 cm³/mol. The maximum Gasteiger partial charge on any atom is 0.138 e. The summed E-state index contributed by atoms with van der Waals surface area (Å²) in [4.78, 5) is 4.36. The van der Waals surface area contributed by atoms with Gasteiger partial charge in [0.25, 0.3) is 0 Å². The third-order valence-corrected chi connectivity index (χ3v) is 2.17. The van der Waals surface area contributed by atoms with Gasteiger partial charge in [0.15, 0.2) is 0 Å². The number of pyridine rings is 1. The maximum absolute atomic E-state index is 4.36. The molecule has 0 unspecified atom stereocenters. The highest BCUT2D eigenvalue weighted by Crippen LogP contribution is 2.13. The summed E-state index contributed by atoms with van der Waals surface area (Å²) >= 11 is 1.66. The van der Waals surface area contributed by atoms with E-state index in [1.54, 1.807) is 11.8 Å². The lowest BCUT2D eigenvalue weighted by Gasteiger charge is -1.86. The molecule has 0 aliphatic rings. The number of halogens is 1. The Bertz CT molecular complexity index is 339. The minimum absolute atomic E-state index is 0. The van der Waals surface area contributed by atoms with Crippen LogP contribution in [0.2, 0.25) is 0 Å². The largest absolute Gasteiger partial charge is 0.306 e. The van der Waals surface area contributed by atoms with Crippen LogP contribution in [0.1, 0.15) is 0 Å². The van der Waals surface area contributed by atoms with Crippen LogP contribution in [-0.2, 0) is 0 Å². The molecule has 2 nitrogen and oxygen atoms in total. The summed E-state index contributed by atoms with van der Waals surface area (Å²) in [5, 5.41) is 1.07. The van der Waals surface area contributed by atoms with Gasteiger partial charge in [0.1, 0.15) is 10.7 Å². The van der Waals surface area contributed by atoms with Crippen LogP contribution in [0.15, 0.2) is 35.6 Å². The van der Waals surface area contributed by atoms with Crippen molar-refractivity contribution in [3.63, 3.8) is 0 Å². The number of nitrogens with zero attached hydrogens (tertiary/aromatic N) is 2. The number of fused-ring (bicyclic) bond motifs is 1. The van der Waals surface area contributed by atoms with Gasteiger partial charge in [0.05, 0.1) is 0 Å². The topological polar surface area (TPSA) is 17.3 Å². The first-order chi connectivity index (χ1) is 5.40. The lowest BCUT2D eigenvalue weighted by Crippen LogP contribution is -1.77. The molecule has 0 saturated heterocycles. The van der Waals surface area contributed by atoms with E-state index in [0.717, 1.165) is 10.7 Å². The molecule has 0 aliphatic carbocycles. The molecule has 0 spiro atoms. The summed E-state index contributed by atoms with van der Waals surface area (Å²) in [6, 6.07) is 5.99. The van der Waals surface area contributed by atoms with E-state index in [4.69, 9.17) is 0 Å². The summed E-state index contributed by atoms with van der Waals surface area (Å²) in [7, 11) is 0. The smallest absolute Gasteiger partial charge is 0.138 e. The van der Waals surface area contributed by atoms with Crippen molar-refractivity contribution in [2.45, 2.75) is 5.03 Å². The maximum atomic E-state index is 4.36. The molecule has 0 radical (unpaired) electrons. The van der Waals surface area contributed by atoms with Crippen molar-refractivity contribution < 1.29 is 0 Å². The van der Waals surface area contributed by atoms with E-state index < -0.39 is 0 Å². The first-order valence-corrected chi connectivity index (χ1v) is 4.60. The molecule has 2 aromatic heterocycles. The van der Waals surface area contributed by atoms with Crippen LogP contribution >= 0.6 is 24.2 Å². The molecule has 0 saturated carbocycles. The standard InChI is InChI=1S/C8H8N2S.ClH/c1-11-8-6-10-5-3-2-4-7(10)9-8;/h2-6H,1H3;1H. The monoisotopic (exact) mass is 200 g/mol. The summed E-state index contributed by atoms with van der Waals surface area (Å²) in [5.74, 6) is 0. The van der Waals surface area contributed by atoms with Crippen molar-refractivity contribution in [1.29, 1.82) is 0 Å². The quantitative estimate of drug-likeness (QED) is 0.658. The van der Waals surface area contributed by atoms with Crippen LogP contribution in [0.3, 0.4) is 0 Å². The molecule has 0 amide bonds. The van der Waals surface area contributed by atoms with E-state index in [1.165, 1.54) is 0 Å². The SMILES string of the molecule is CSc1cn2ccccc2n1.Cl. The second-order valence-corrected chi connectivity index (χ2v) is 3.08. The highest BCUT2D eigenvalue weighted by molar-refractivity contribution is 7.98. The van der Waals surface area contributed by atoms with Gasteiger partial charge < -0.3 is 4.40 Å². The Hall–Kier alpha value is -0.670. The van der Waals surface area contributed by atoms with Gasteiger partial charge in [-0.1, -0.05) is 6.07 Å². The van der Waals surface area contributed by atoms with Crippen LogP contribution in [0.25, 0.3) is 5.65 Å². The van der Waals surface area contributed by atoms with Crippen molar-refractivity contribution in [2.24, 2.45) is 0 Å². The molecule has 4 heteroatoms. The zero-order valence-corrected chi connectivity index (χ0v) is 8.23. The Labute approximate surface area is 81.4 Å². The fourth-order valence-corrected chi connectivity index (χ4v) is 1.41. The lowest BCUT2D eigenvalue weighted by molar-refractivity contribution is 1.18. The molecule has 0 fully saturated rings. The van der Waals surface area contributed by atoms with E-state index >= 15 is 0 Å². The average Bonchev–Trinajstić information content (AvgIpc) is 2.46. The number of rotatable bonds is 1. The Kier molecular flexibility index (Phi) is 3.00. The van der Waals surface area contributed by atoms with Crippen LogP contribution < -0.4 is 0 Å². The number of thioether (sulfide) groups is 1. The van der Waals surface area contributed by atoms with Gasteiger partial charge in [-0.05, 0) is 18.4 Å². The van der Waals surface area contributed by atoms with Crippen LogP contribution in [0, 0.1) is 0 Å². The molecule has 0 aliphatic heterocycles. The molecule has 64 valence electrons. The van der Waals surface area contributed by atoms with Crippen molar-refractivity contribution in [2.75, 3.05) is 6.26 Å². The van der Waals surface area contributed by atoms with Gasteiger partial charge in [-0.3, -0.25) is 0 Å². The van der Waals surface area contributed by atoms with E-state index in [-0.39, 0.29) is 12.4 Å². The zero-order valence-electron chi connectivity index (χ0n) is 6.60. The van der Waals surface area contributed by atoms with Crippen LogP contribution in [-0.4, -0.2) is 15.6 Å². The molecule has 2 aromatic rings. The van der Waals surface area contributed by atoms with Crippen molar-refractivity contribution in [3.05, 3.63) is 30.6 Å². The van der Waals surface area contributed by atoms with E-state index in [0.29, 0.717) is 0 Å². The first-order valence-electron chi connectivity index (χ1n) is 3.38.